The maximum Gasteiger partial charge on any atom is 0.320 e. The van der Waals surface area contributed by atoms with Crippen molar-refractivity contribution in [2.45, 2.75) is 51.0 Å². The van der Waals surface area contributed by atoms with Crippen molar-refractivity contribution in [3.63, 3.8) is 0 Å². The van der Waals surface area contributed by atoms with Crippen molar-refractivity contribution in [2.75, 3.05) is 0 Å². The van der Waals surface area contributed by atoms with Crippen LogP contribution in [0.1, 0.15) is 44.9 Å². The van der Waals surface area contributed by atoms with Crippen LogP contribution >= 0.6 is 0 Å². The van der Waals surface area contributed by atoms with Gasteiger partial charge < -0.3 is 21.1 Å². The van der Waals surface area contributed by atoms with E-state index in [0.29, 0.717) is 32.1 Å². The van der Waals surface area contributed by atoms with E-state index in [-0.39, 0.29) is 12.8 Å². The van der Waals surface area contributed by atoms with Gasteiger partial charge in [0.15, 0.2) is 0 Å². The normalized spacial score (nSPS) is 13.7. The minimum Gasteiger partial charge on any atom is -0.481 e. The fourth-order valence-electron chi connectivity index (χ4n) is 1.74. The number of rotatable bonds is 11. The highest BCUT2D eigenvalue weighted by molar-refractivity contribution is 5.73. The first-order valence-corrected chi connectivity index (χ1v) is 6.27. The molecule has 0 heterocycles. The van der Waals surface area contributed by atoms with Gasteiger partial charge in [-0.15, -0.1) is 0 Å². The Kier molecular flexibility index (Phi) is 8.52. The molecule has 0 amide bonds. The Morgan fingerprint density at radius 1 is 0.842 bits per heavy atom. The van der Waals surface area contributed by atoms with E-state index in [1.807, 2.05) is 0 Å². The summed E-state index contributed by atoms with van der Waals surface area (Å²) in [6, 6.07) is -0.873. The van der Waals surface area contributed by atoms with Crippen LogP contribution in [0.2, 0.25) is 0 Å². The van der Waals surface area contributed by atoms with Crippen LogP contribution in [0, 0.1) is 5.92 Å². The largest absolute Gasteiger partial charge is 0.481 e. The summed E-state index contributed by atoms with van der Waals surface area (Å²) in [5.41, 5.74) is 5.33. The molecule has 0 spiro atoms. The van der Waals surface area contributed by atoms with Crippen molar-refractivity contribution in [1.29, 1.82) is 0 Å². The molecule has 7 nitrogen and oxygen atoms in total. The minimum atomic E-state index is -1.04. The van der Waals surface area contributed by atoms with Crippen molar-refractivity contribution >= 4 is 17.9 Å². The molecule has 0 aliphatic rings. The van der Waals surface area contributed by atoms with E-state index in [9.17, 15) is 14.4 Å². The fourth-order valence-corrected chi connectivity index (χ4v) is 1.74. The summed E-state index contributed by atoms with van der Waals surface area (Å²) in [7, 11) is 0. The molecule has 0 radical (unpaired) electrons. The van der Waals surface area contributed by atoms with Gasteiger partial charge in [0.2, 0.25) is 0 Å². The van der Waals surface area contributed by atoms with Gasteiger partial charge in [-0.1, -0.05) is 19.3 Å². The second kappa shape index (κ2) is 9.32. The maximum atomic E-state index is 10.9. The topological polar surface area (TPSA) is 138 Å². The SMILES string of the molecule is NC(CCCCCC(CCC(=O)O)C(=O)O)C(=O)O. The van der Waals surface area contributed by atoms with E-state index in [2.05, 4.69) is 0 Å². The highest BCUT2D eigenvalue weighted by Gasteiger charge is 2.18. The third-order valence-corrected chi connectivity index (χ3v) is 2.94. The lowest BCUT2D eigenvalue weighted by Crippen LogP contribution is -2.29. The lowest BCUT2D eigenvalue weighted by atomic mass is 9.95. The lowest BCUT2D eigenvalue weighted by Gasteiger charge is -2.11. The Hall–Kier alpha value is -1.63. The molecule has 5 N–H and O–H groups in total. The van der Waals surface area contributed by atoms with Gasteiger partial charge in [0.05, 0.1) is 5.92 Å². The second-order valence-electron chi connectivity index (χ2n) is 4.55. The lowest BCUT2D eigenvalue weighted by molar-refractivity contribution is -0.143. The molecule has 0 aliphatic carbocycles. The van der Waals surface area contributed by atoms with Crippen LogP contribution in [0.15, 0.2) is 0 Å². The van der Waals surface area contributed by atoms with Crippen molar-refractivity contribution < 1.29 is 29.7 Å². The molecule has 0 saturated heterocycles. The highest BCUT2D eigenvalue weighted by atomic mass is 16.4. The number of unbranched alkanes of at least 4 members (excludes halogenated alkanes) is 2. The molecule has 7 heteroatoms. The molecular weight excluding hydrogens is 254 g/mol. The first-order chi connectivity index (χ1) is 8.84. The molecule has 0 fully saturated rings. The van der Waals surface area contributed by atoms with Crippen LogP contribution in [0.25, 0.3) is 0 Å². The second-order valence-corrected chi connectivity index (χ2v) is 4.55. The van der Waals surface area contributed by atoms with Crippen LogP contribution in [-0.4, -0.2) is 39.3 Å². The number of aliphatic carboxylic acids is 3. The van der Waals surface area contributed by atoms with E-state index in [4.69, 9.17) is 21.1 Å². The van der Waals surface area contributed by atoms with Crippen LogP contribution < -0.4 is 5.73 Å². The zero-order chi connectivity index (χ0) is 14.8. The van der Waals surface area contributed by atoms with Gasteiger partial charge >= 0.3 is 17.9 Å². The molecule has 0 aromatic rings. The number of carboxylic acids is 3. The average molecular weight is 275 g/mol. The predicted octanol–water partition coefficient (Wildman–Crippen LogP) is 0.914. The van der Waals surface area contributed by atoms with Crippen LogP contribution in [0.3, 0.4) is 0 Å². The van der Waals surface area contributed by atoms with E-state index in [0.717, 1.165) is 0 Å². The molecule has 0 aromatic heterocycles. The third-order valence-electron chi connectivity index (χ3n) is 2.94. The van der Waals surface area contributed by atoms with E-state index < -0.39 is 29.9 Å². The highest BCUT2D eigenvalue weighted by Crippen LogP contribution is 2.17. The molecule has 0 rings (SSSR count). The average Bonchev–Trinajstić information content (AvgIpc) is 2.31. The van der Waals surface area contributed by atoms with E-state index in [1.165, 1.54) is 0 Å². The van der Waals surface area contributed by atoms with Gasteiger partial charge in [-0.2, -0.15) is 0 Å². The van der Waals surface area contributed by atoms with Crippen molar-refractivity contribution in [2.24, 2.45) is 11.7 Å². The molecule has 2 atom stereocenters. The van der Waals surface area contributed by atoms with Crippen molar-refractivity contribution in [3.05, 3.63) is 0 Å². The Balaban J connectivity index is 3.78. The van der Waals surface area contributed by atoms with E-state index >= 15 is 0 Å². The summed E-state index contributed by atoms with van der Waals surface area (Å²) < 4.78 is 0. The van der Waals surface area contributed by atoms with E-state index in [1.54, 1.807) is 0 Å². The maximum absolute atomic E-state index is 10.9. The van der Waals surface area contributed by atoms with Crippen molar-refractivity contribution in [1.82, 2.24) is 0 Å². The Labute approximate surface area is 111 Å². The van der Waals surface area contributed by atoms with Gasteiger partial charge in [0.25, 0.3) is 0 Å². The Morgan fingerprint density at radius 2 is 1.42 bits per heavy atom. The predicted molar refractivity (Wildman–Crippen MR) is 66.7 cm³/mol. The summed E-state index contributed by atoms with van der Waals surface area (Å²) in [5.74, 6) is -3.67. The summed E-state index contributed by atoms with van der Waals surface area (Å²) in [6.45, 7) is 0. The Morgan fingerprint density at radius 3 is 1.89 bits per heavy atom. The molecule has 0 aromatic carbocycles. The minimum absolute atomic E-state index is 0.124. The number of hydrogen-bond acceptors (Lipinski definition) is 4. The molecule has 0 saturated carbocycles. The molecule has 19 heavy (non-hydrogen) atoms. The zero-order valence-corrected chi connectivity index (χ0v) is 10.7. The molecule has 2 unspecified atom stereocenters. The first kappa shape index (κ1) is 17.4. The summed E-state index contributed by atoms with van der Waals surface area (Å²) >= 11 is 0. The molecule has 110 valence electrons. The zero-order valence-electron chi connectivity index (χ0n) is 10.7. The third kappa shape index (κ3) is 9.01. The number of carboxylic acid groups (broad SMARTS) is 3. The summed E-state index contributed by atoms with van der Waals surface area (Å²) in [5, 5.41) is 26.0. The number of nitrogens with two attached hydrogens (primary N) is 1. The molecule has 0 aliphatic heterocycles. The first-order valence-electron chi connectivity index (χ1n) is 6.27. The fraction of sp³-hybridized carbons (Fsp3) is 0.750. The van der Waals surface area contributed by atoms with Gasteiger partial charge in [0.1, 0.15) is 6.04 Å². The number of hydrogen-bond donors (Lipinski definition) is 4. The number of carbonyl (C=O) groups is 3. The molecule has 0 bridgehead atoms. The monoisotopic (exact) mass is 275 g/mol. The summed E-state index contributed by atoms with van der Waals surface area (Å²) in [6.07, 6.45) is 2.69. The van der Waals surface area contributed by atoms with Gasteiger partial charge in [0, 0.05) is 6.42 Å². The van der Waals surface area contributed by atoms with Crippen LogP contribution in [-0.2, 0) is 14.4 Å². The smallest absolute Gasteiger partial charge is 0.320 e. The standard InChI is InChI=1S/C12H21NO6/c13-9(12(18)19)5-3-1-2-4-8(11(16)17)6-7-10(14)15/h8-9H,1-7,13H2,(H,14,15)(H,16,17)(H,18,19). The van der Waals surface area contributed by atoms with Gasteiger partial charge in [-0.3, -0.25) is 14.4 Å². The Bertz CT molecular complexity index is 317. The van der Waals surface area contributed by atoms with Gasteiger partial charge in [-0.05, 0) is 19.3 Å². The van der Waals surface area contributed by atoms with Crippen molar-refractivity contribution in [3.8, 4) is 0 Å². The summed E-state index contributed by atoms with van der Waals surface area (Å²) in [4.78, 5) is 31.7. The van der Waals surface area contributed by atoms with Gasteiger partial charge in [-0.25, -0.2) is 0 Å². The quantitative estimate of drug-likeness (QED) is 0.411. The van der Waals surface area contributed by atoms with Crippen LogP contribution in [0.5, 0.6) is 0 Å². The molecular formula is C12H21NO6. The van der Waals surface area contributed by atoms with Crippen LogP contribution in [0.4, 0.5) is 0 Å².